The third kappa shape index (κ3) is 3.65. The summed E-state index contributed by atoms with van der Waals surface area (Å²) in [5, 5.41) is 19.9. The molecule has 2 aliphatic rings. The van der Waals surface area contributed by atoms with Gasteiger partial charge in [0.2, 0.25) is 12.7 Å². The van der Waals surface area contributed by atoms with Crippen LogP contribution in [-0.2, 0) is 11.2 Å². The number of allylic oxidation sites excluding steroid dienone is 1. The van der Waals surface area contributed by atoms with Gasteiger partial charge in [0.15, 0.2) is 17.3 Å². The van der Waals surface area contributed by atoms with Gasteiger partial charge in [-0.3, -0.25) is 9.78 Å². The van der Waals surface area contributed by atoms with Crippen molar-refractivity contribution in [1.82, 2.24) is 19.7 Å². The number of aromatic nitrogens is 4. The summed E-state index contributed by atoms with van der Waals surface area (Å²) >= 11 is 0. The van der Waals surface area contributed by atoms with Crippen molar-refractivity contribution >= 4 is 17.5 Å². The van der Waals surface area contributed by atoms with Crippen LogP contribution in [0, 0.1) is 0 Å². The molecule has 4 heterocycles. The first-order valence-corrected chi connectivity index (χ1v) is 10.3. The molecule has 10 nitrogen and oxygen atoms in total. The van der Waals surface area contributed by atoms with E-state index in [2.05, 4.69) is 25.7 Å². The van der Waals surface area contributed by atoms with E-state index >= 15 is 0 Å². The Kier molecular flexibility index (Phi) is 5.20. The molecule has 2 aromatic heterocycles. The lowest BCUT2D eigenvalue weighted by Crippen LogP contribution is -2.31. The van der Waals surface area contributed by atoms with Crippen LogP contribution in [-0.4, -0.2) is 44.2 Å². The van der Waals surface area contributed by atoms with Gasteiger partial charge < -0.3 is 25.2 Å². The smallest absolute Gasteiger partial charge is 0.255 e. The van der Waals surface area contributed by atoms with Crippen LogP contribution in [0.1, 0.15) is 30.8 Å². The van der Waals surface area contributed by atoms with Gasteiger partial charge in [0.05, 0.1) is 17.5 Å². The molecule has 1 aromatic carbocycles. The normalized spacial score (nSPS) is 16.5. The number of fused-ring (bicyclic) bond motifs is 2. The number of aliphatic hydroxyl groups excluding tert-OH is 1. The highest BCUT2D eigenvalue weighted by Crippen LogP contribution is 2.40. The van der Waals surface area contributed by atoms with E-state index in [-0.39, 0.29) is 19.3 Å². The summed E-state index contributed by atoms with van der Waals surface area (Å²) in [6.45, 7) is 2.05. The predicted molar refractivity (Wildman–Crippen MR) is 115 cm³/mol. The predicted octanol–water partition coefficient (Wildman–Crippen LogP) is 2.25. The van der Waals surface area contributed by atoms with Crippen LogP contribution >= 0.6 is 0 Å². The molecule has 5 rings (SSSR count). The molecule has 32 heavy (non-hydrogen) atoms. The number of nitrogens with zero attached hydrogens (tertiary/aromatic N) is 4. The molecule has 3 N–H and O–H groups in total. The van der Waals surface area contributed by atoms with Crippen molar-refractivity contribution in [2.45, 2.75) is 25.8 Å². The van der Waals surface area contributed by atoms with E-state index in [0.717, 1.165) is 5.56 Å². The second-order valence-electron chi connectivity index (χ2n) is 7.50. The number of anilines is 2. The topological polar surface area (TPSA) is 123 Å². The summed E-state index contributed by atoms with van der Waals surface area (Å²) in [6, 6.07) is 8.59. The SMILES string of the molecule is CC1=C(C(=O)Nc2cccnc2)[C@@H](c2ccc3c(c2)OCO3)n2nc(CCCO)nc2N1. The van der Waals surface area contributed by atoms with Gasteiger partial charge >= 0.3 is 0 Å². The molecule has 0 spiro atoms. The quantitative estimate of drug-likeness (QED) is 0.540. The first-order chi connectivity index (χ1) is 15.6. The van der Waals surface area contributed by atoms with Crippen LogP contribution in [0.2, 0.25) is 0 Å². The highest BCUT2D eigenvalue weighted by atomic mass is 16.7. The largest absolute Gasteiger partial charge is 0.454 e. The molecular formula is C22H22N6O4. The van der Waals surface area contributed by atoms with Gasteiger partial charge in [0.1, 0.15) is 6.04 Å². The molecule has 0 saturated heterocycles. The number of carbonyl (C=O) groups excluding carboxylic acids is 1. The van der Waals surface area contributed by atoms with Gasteiger partial charge in [-0.2, -0.15) is 10.1 Å². The van der Waals surface area contributed by atoms with Crippen molar-refractivity contribution in [3.8, 4) is 11.5 Å². The average molecular weight is 434 g/mol. The van der Waals surface area contributed by atoms with Crippen LogP contribution < -0.4 is 20.1 Å². The minimum atomic E-state index is -0.534. The number of aryl methyl sites for hydroxylation is 1. The number of hydrogen-bond donors (Lipinski definition) is 3. The van der Waals surface area contributed by atoms with Crippen LogP contribution in [0.4, 0.5) is 11.6 Å². The maximum absolute atomic E-state index is 13.4. The fourth-order valence-corrected chi connectivity index (χ4v) is 3.86. The molecule has 0 radical (unpaired) electrons. The summed E-state index contributed by atoms with van der Waals surface area (Å²) in [5.41, 5.74) is 2.57. The zero-order valence-electron chi connectivity index (χ0n) is 17.4. The molecule has 1 atom stereocenters. The summed E-state index contributed by atoms with van der Waals surface area (Å²) < 4.78 is 12.7. The monoisotopic (exact) mass is 434 g/mol. The summed E-state index contributed by atoms with van der Waals surface area (Å²) in [5.74, 6) is 2.13. The number of amides is 1. The van der Waals surface area contributed by atoms with E-state index < -0.39 is 6.04 Å². The number of aliphatic hydroxyl groups is 1. The Morgan fingerprint density at radius 1 is 1.31 bits per heavy atom. The van der Waals surface area contributed by atoms with Crippen molar-refractivity contribution in [2.24, 2.45) is 0 Å². The number of rotatable bonds is 6. The summed E-state index contributed by atoms with van der Waals surface area (Å²) in [4.78, 5) is 22.0. The van der Waals surface area contributed by atoms with E-state index in [1.54, 1.807) is 29.2 Å². The summed E-state index contributed by atoms with van der Waals surface area (Å²) in [7, 11) is 0. The zero-order chi connectivity index (χ0) is 22.1. The molecule has 2 aliphatic heterocycles. The van der Waals surface area contributed by atoms with Crippen molar-refractivity contribution in [3.63, 3.8) is 0 Å². The third-order valence-electron chi connectivity index (χ3n) is 5.33. The Morgan fingerprint density at radius 3 is 3.00 bits per heavy atom. The van der Waals surface area contributed by atoms with E-state index in [9.17, 15) is 9.90 Å². The number of ether oxygens (including phenoxy) is 2. The second-order valence-corrected chi connectivity index (χ2v) is 7.50. The van der Waals surface area contributed by atoms with Gasteiger partial charge in [-0.05, 0) is 43.2 Å². The van der Waals surface area contributed by atoms with E-state index in [4.69, 9.17) is 9.47 Å². The Hall–Kier alpha value is -3.92. The zero-order valence-corrected chi connectivity index (χ0v) is 17.4. The second kappa shape index (κ2) is 8.31. The van der Waals surface area contributed by atoms with E-state index in [1.165, 1.54) is 0 Å². The van der Waals surface area contributed by atoms with Crippen LogP contribution in [0.5, 0.6) is 11.5 Å². The lowest BCUT2D eigenvalue weighted by molar-refractivity contribution is -0.113. The number of pyridine rings is 1. The van der Waals surface area contributed by atoms with Crippen LogP contribution in [0.15, 0.2) is 54.0 Å². The Balaban J connectivity index is 1.57. The molecule has 0 unspecified atom stereocenters. The molecule has 0 aliphatic carbocycles. The van der Waals surface area contributed by atoms with Gasteiger partial charge in [0.25, 0.3) is 5.91 Å². The minimum absolute atomic E-state index is 0.0545. The van der Waals surface area contributed by atoms with Gasteiger partial charge in [-0.15, -0.1) is 0 Å². The van der Waals surface area contributed by atoms with Crippen molar-refractivity contribution < 1.29 is 19.4 Å². The van der Waals surface area contributed by atoms with Crippen molar-refractivity contribution in [3.05, 3.63) is 65.4 Å². The van der Waals surface area contributed by atoms with Crippen molar-refractivity contribution in [2.75, 3.05) is 24.0 Å². The Morgan fingerprint density at radius 2 is 2.19 bits per heavy atom. The fourth-order valence-electron chi connectivity index (χ4n) is 3.86. The maximum Gasteiger partial charge on any atom is 0.255 e. The highest BCUT2D eigenvalue weighted by molar-refractivity contribution is 6.05. The first-order valence-electron chi connectivity index (χ1n) is 10.3. The molecule has 0 bridgehead atoms. The average Bonchev–Trinajstić information content (AvgIpc) is 3.43. The Bertz CT molecular complexity index is 1190. The number of benzene rings is 1. The fraction of sp³-hybridized carbons (Fsp3) is 0.273. The summed E-state index contributed by atoms with van der Waals surface area (Å²) in [6.07, 6.45) is 4.32. The minimum Gasteiger partial charge on any atom is -0.454 e. The lowest BCUT2D eigenvalue weighted by atomic mass is 9.94. The number of nitrogens with one attached hydrogen (secondary N) is 2. The maximum atomic E-state index is 13.4. The van der Waals surface area contributed by atoms with E-state index in [1.807, 2.05) is 25.1 Å². The van der Waals surface area contributed by atoms with Crippen molar-refractivity contribution in [1.29, 1.82) is 0 Å². The first kappa shape index (κ1) is 20.0. The molecule has 10 heteroatoms. The van der Waals surface area contributed by atoms with Gasteiger partial charge in [-0.25, -0.2) is 4.68 Å². The molecule has 1 amide bonds. The molecule has 0 saturated carbocycles. The highest BCUT2D eigenvalue weighted by Gasteiger charge is 2.35. The van der Waals surface area contributed by atoms with Gasteiger partial charge in [0, 0.05) is 24.9 Å². The van der Waals surface area contributed by atoms with E-state index in [0.29, 0.717) is 53.1 Å². The molecular weight excluding hydrogens is 412 g/mol. The standard InChI is InChI=1S/C22H22N6O4/c1-13-19(21(30)25-15-4-2-8-23-11-15)20(14-6-7-16-17(10-14)32-12-31-16)28-22(24-13)26-18(27-28)5-3-9-29/h2,4,6-8,10-11,20,29H,3,5,9,12H2,1H3,(H,25,30)(H,24,26,27)/t20-/m1/s1. The third-order valence-corrected chi connectivity index (χ3v) is 5.33. The number of hydrogen-bond acceptors (Lipinski definition) is 8. The van der Waals surface area contributed by atoms with Gasteiger partial charge in [-0.1, -0.05) is 6.07 Å². The molecule has 3 aromatic rings. The Labute approximate surface area is 183 Å². The van der Waals surface area contributed by atoms with Crippen LogP contribution in [0.3, 0.4) is 0 Å². The van der Waals surface area contributed by atoms with Crippen LogP contribution in [0.25, 0.3) is 0 Å². The molecule has 0 fully saturated rings. The number of carbonyl (C=O) groups is 1. The molecule has 164 valence electrons. The lowest BCUT2D eigenvalue weighted by Gasteiger charge is -2.28.